The van der Waals surface area contributed by atoms with Crippen LogP contribution in [-0.2, 0) is 4.79 Å². The van der Waals surface area contributed by atoms with E-state index in [2.05, 4.69) is 4.98 Å². The molecule has 29 heavy (non-hydrogen) atoms. The lowest BCUT2D eigenvalue weighted by Crippen LogP contribution is -2.27. The van der Waals surface area contributed by atoms with Crippen molar-refractivity contribution in [1.29, 1.82) is 0 Å². The van der Waals surface area contributed by atoms with E-state index in [1.807, 2.05) is 38.1 Å². The molecule has 0 atom stereocenters. The average Bonchev–Trinajstić information content (AvgIpc) is 2.99. The Hall–Kier alpha value is -2.97. The van der Waals surface area contributed by atoms with Gasteiger partial charge in [-0.25, -0.2) is 0 Å². The van der Waals surface area contributed by atoms with Crippen molar-refractivity contribution in [3.8, 4) is 11.6 Å². The summed E-state index contributed by atoms with van der Waals surface area (Å²) in [5.74, 6) is 0.523. The summed E-state index contributed by atoms with van der Waals surface area (Å²) in [5, 5.41) is 0. The molecule has 1 saturated heterocycles. The number of carbonyl (C=O) groups excluding carboxylic acids is 1. The molecule has 0 spiro atoms. The molecular weight excluding hydrogens is 406 g/mol. The molecule has 1 aliphatic rings. The number of hydrogen-bond acceptors (Lipinski definition) is 6. The first kappa shape index (κ1) is 19.4. The van der Waals surface area contributed by atoms with E-state index < -0.39 is 0 Å². The Bertz CT molecular complexity index is 1230. The monoisotopic (exact) mass is 423 g/mol. The highest BCUT2D eigenvalue weighted by atomic mass is 32.2. The van der Waals surface area contributed by atoms with Gasteiger partial charge in [0.1, 0.15) is 21.3 Å². The molecule has 2 aromatic heterocycles. The Labute approximate surface area is 176 Å². The van der Waals surface area contributed by atoms with Crippen molar-refractivity contribution < 1.29 is 9.53 Å². The van der Waals surface area contributed by atoms with E-state index >= 15 is 0 Å². The maximum absolute atomic E-state index is 13.2. The zero-order valence-electron chi connectivity index (χ0n) is 15.8. The Morgan fingerprint density at radius 1 is 1.17 bits per heavy atom. The fourth-order valence-electron chi connectivity index (χ4n) is 2.96. The first-order chi connectivity index (χ1) is 14.0. The van der Waals surface area contributed by atoms with Crippen molar-refractivity contribution in [3.63, 3.8) is 0 Å². The van der Waals surface area contributed by atoms with Crippen LogP contribution in [0.3, 0.4) is 0 Å². The fraction of sp³-hybridized carbons (Fsp3) is 0.143. The maximum Gasteiger partial charge on any atom is 0.269 e. The number of thioether (sulfide) groups is 1. The molecule has 0 radical (unpaired) electrons. The number of likely N-dealkylation sites (N-methyl/N-ethyl adjacent to an activating group) is 1. The van der Waals surface area contributed by atoms with E-state index in [1.54, 1.807) is 24.4 Å². The van der Waals surface area contributed by atoms with Gasteiger partial charge in [0.2, 0.25) is 5.88 Å². The molecule has 4 rings (SSSR count). The molecule has 6 nitrogen and oxygen atoms in total. The molecule has 1 aliphatic heterocycles. The number of rotatable bonds is 4. The Kier molecular flexibility index (Phi) is 5.21. The molecule has 0 bridgehead atoms. The zero-order chi connectivity index (χ0) is 20.5. The molecule has 0 saturated carbocycles. The van der Waals surface area contributed by atoms with E-state index in [0.717, 1.165) is 5.56 Å². The van der Waals surface area contributed by atoms with Gasteiger partial charge in [0, 0.05) is 12.7 Å². The quantitative estimate of drug-likeness (QED) is 0.467. The number of amides is 1. The Morgan fingerprint density at radius 2 is 1.93 bits per heavy atom. The fourth-order valence-corrected chi connectivity index (χ4v) is 4.33. The molecule has 146 valence electrons. The molecule has 0 N–H and O–H groups in total. The predicted octanol–water partition coefficient (Wildman–Crippen LogP) is 4.02. The number of benzene rings is 1. The summed E-state index contributed by atoms with van der Waals surface area (Å²) in [4.78, 5) is 32.2. The van der Waals surface area contributed by atoms with Gasteiger partial charge in [0.05, 0.1) is 4.91 Å². The summed E-state index contributed by atoms with van der Waals surface area (Å²) in [6, 6.07) is 12.7. The average molecular weight is 424 g/mol. The Morgan fingerprint density at radius 3 is 2.66 bits per heavy atom. The van der Waals surface area contributed by atoms with Crippen LogP contribution in [0.25, 0.3) is 11.7 Å². The van der Waals surface area contributed by atoms with Crippen molar-refractivity contribution in [1.82, 2.24) is 14.3 Å². The predicted molar refractivity (Wildman–Crippen MR) is 118 cm³/mol. The van der Waals surface area contributed by atoms with E-state index in [1.165, 1.54) is 27.1 Å². The number of nitrogens with zero attached hydrogens (tertiary/aromatic N) is 3. The lowest BCUT2D eigenvalue weighted by atomic mass is 10.2. The third-order valence-corrected chi connectivity index (χ3v) is 5.88. The zero-order valence-corrected chi connectivity index (χ0v) is 17.4. The number of aromatic nitrogens is 2. The summed E-state index contributed by atoms with van der Waals surface area (Å²) in [6.45, 7) is 4.24. The van der Waals surface area contributed by atoms with Crippen LogP contribution < -0.4 is 10.3 Å². The topological polar surface area (TPSA) is 63.9 Å². The SMILES string of the molecule is CCN1C(=O)/C(=C\c2c(Oc3ccccc3C)nc3ccccn3c2=O)SC1=S. The lowest BCUT2D eigenvalue weighted by molar-refractivity contribution is -0.121. The molecule has 1 aromatic carbocycles. The standard InChI is InChI=1S/C21H17N3O3S2/c1-3-23-20(26)16(29-21(23)28)12-14-18(27-15-9-5-4-8-13(15)2)22-17-10-6-7-11-24(17)19(14)25/h4-12H,3H2,1-2H3/b16-12+. The van der Waals surface area contributed by atoms with Crippen molar-refractivity contribution in [2.45, 2.75) is 13.8 Å². The smallest absolute Gasteiger partial charge is 0.269 e. The molecule has 0 aliphatic carbocycles. The molecular formula is C21H17N3O3S2. The molecule has 8 heteroatoms. The van der Waals surface area contributed by atoms with E-state index in [9.17, 15) is 9.59 Å². The Balaban J connectivity index is 1.90. The minimum Gasteiger partial charge on any atom is -0.438 e. The van der Waals surface area contributed by atoms with Gasteiger partial charge in [0.15, 0.2) is 0 Å². The molecule has 3 heterocycles. The van der Waals surface area contributed by atoms with Gasteiger partial charge in [-0.1, -0.05) is 48.2 Å². The largest absolute Gasteiger partial charge is 0.438 e. The minimum absolute atomic E-state index is 0.150. The van der Waals surface area contributed by atoms with E-state index in [0.29, 0.717) is 27.2 Å². The van der Waals surface area contributed by atoms with Crippen molar-refractivity contribution in [2.24, 2.45) is 0 Å². The van der Waals surface area contributed by atoms with Gasteiger partial charge in [-0.3, -0.25) is 18.9 Å². The third-order valence-electron chi connectivity index (χ3n) is 4.50. The number of thiocarbonyl (C=S) groups is 1. The van der Waals surface area contributed by atoms with Crippen LogP contribution in [-0.4, -0.2) is 31.1 Å². The van der Waals surface area contributed by atoms with Crippen molar-refractivity contribution in [2.75, 3.05) is 6.54 Å². The first-order valence-corrected chi connectivity index (χ1v) is 10.2. The number of pyridine rings is 1. The van der Waals surface area contributed by atoms with Crippen LogP contribution in [0.4, 0.5) is 0 Å². The van der Waals surface area contributed by atoms with Gasteiger partial charge < -0.3 is 4.74 Å². The van der Waals surface area contributed by atoms with E-state index in [-0.39, 0.29) is 22.9 Å². The third kappa shape index (κ3) is 3.56. The second kappa shape index (κ2) is 7.81. The second-order valence-corrected chi connectivity index (χ2v) is 8.03. The summed E-state index contributed by atoms with van der Waals surface area (Å²) in [5.41, 5.74) is 1.25. The van der Waals surface area contributed by atoms with Gasteiger partial charge in [-0.2, -0.15) is 4.98 Å². The maximum atomic E-state index is 13.2. The van der Waals surface area contributed by atoms with Crippen LogP contribution in [0.2, 0.25) is 0 Å². The number of hydrogen-bond donors (Lipinski definition) is 0. The number of fused-ring (bicyclic) bond motifs is 1. The molecule has 1 fully saturated rings. The highest BCUT2D eigenvalue weighted by Crippen LogP contribution is 2.34. The van der Waals surface area contributed by atoms with E-state index in [4.69, 9.17) is 17.0 Å². The minimum atomic E-state index is -0.319. The van der Waals surface area contributed by atoms with Crippen LogP contribution in [0.15, 0.2) is 58.4 Å². The first-order valence-electron chi connectivity index (χ1n) is 9.00. The summed E-state index contributed by atoms with van der Waals surface area (Å²) in [6.07, 6.45) is 3.16. The van der Waals surface area contributed by atoms with Crippen molar-refractivity contribution >= 4 is 45.9 Å². The second-order valence-electron chi connectivity index (χ2n) is 6.36. The number of ether oxygens (including phenoxy) is 1. The van der Waals surface area contributed by atoms with Crippen LogP contribution >= 0.6 is 24.0 Å². The normalized spacial score (nSPS) is 15.5. The number of aryl methyl sites for hydroxylation is 1. The van der Waals surface area contributed by atoms with Gasteiger partial charge in [-0.05, 0) is 43.7 Å². The molecule has 1 amide bonds. The molecule has 0 unspecified atom stereocenters. The van der Waals surface area contributed by atoms with Gasteiger partial charge in [0.25, 0.3) is 11.5 Å². The van der Waals surface area contributed by atoms with Crippen LogP contribution in [0, 0.1) is 6.92 Å². The highest BCUT2D eigenvalue weighted by molar-refractivity contribution is 8.26. The molecule has 3 aromatic rings. The highest BCUT2D eigenvalue weighted by Gasteiger charge is 2.31. The van der Waals surface area contributed by atoms with Gasteiger partial charge >= 0.3 is 0 Å². The summed E-state index contributed by atoms with van der Waals surface area (Å²) >= 11 is 6.44. The van der Waals surface area contributed by atoms with Gasteiger partial charge in [-0.15, -0.1) is 0 Å². The number of para-hydroxylation sites is 1. The summed E-state index contributed by atoms with van der Waals surface area (Å²) < 4.78 is 7.92. The number of carbonyl (C=O) groups is 1. The van der Waals surface area contributed by atoms with Crippen molar-refractivity contribution in [3.05, 3.63) is 75.0 Å². The lowest BCUT2D eigenvalue weighted by Gasteiger charge is -2.12. The van der Waals surface area contributed by atoms with Crippen LogP contribution in [0.5, 0.6) is 11.6 Å². The summed E-state index contributed by atoms with van der Waals surface area (Å²) in [7, 11) is 0. The van der Waals surface area contributed by atoms with Crippen LogP contribution in [0.1, 0.15) is 18.1 Å².